The molecular weight excluding hydrogens is 248 g/mol. The van der Waals surface area contributed by atoms with Gasteiger partial charge >= 0.3 is 5.97 Å². The van der Waals surface area contributed by atoms with Gasteiger partial charge < -0.3 is 14.4 Å². The molecule has 1 unspecified atom stereocenters. The molecule has 0 aromatic carbocycles. The summed E-state index contributed by atoms with van der Waals surface area (Å²) in [5.41, 5.74) is 0.525. The topological polar surface area (TPSA) is 83.6 Å². The lowest BCUT2D eigenvalue weighted by molar-refractivity contribution is -0.143. The van der Waals surface area contributed by atoms with Crippen molar-refractivity contribution in [2.75, 3.05) is 6.54 Å². The van der Waals surface area contributed by atoms with Crippen LogP contribution in [0, 0.1) is 6.92 Å². The molecule has 0 bridgehead atoms. The van der Waals surface area contributed by atoms with E-state index in [1.807, 2.05) is 6.92 Å². The summed E-state index contributed by atoms with van der Waals surface area (Å²) >= 11 is 0. The van der Waals surface area contributed by atoms with Crippen LogP contribution in [0.1, 0.15) is 48.3 Å². The van der Waals surface area contributed by atoms with E-state index in [4.69, 9.17) is 4.42 Å². The molecule has 6 heteroatoms. The first kappa shape index (κ1) is 13.6. The van der Waals surface area contributed by atoms with Crippen molar-refractivity contribution >= 4 is 11.9 Å². The van der Waals surface area contributed by atoms with E-state index in [0.29, 0.717) is 31.0 Å². The molecule has 1 saturated heterocycles. The fraction of sp³-hybridized carbons (Fsp3) is 0.615. The van der Waals surface area contributed by atoms with E-state index in [1.165, 1.54) is 4.90 Å². The molecule has 0 spiro atoms. The SMILES string of the molecule is CCc1nc(C)c(C(=O)N2CCCCC2C(=O)O)o1. The summed E-state index contributed by atoms with van der Waals surface area (Å²) in [7, 11) is 0. The predicted octanol–water partition coefficient (Wildman–Crippen LogP) is 1.62. The lowest BCUT2D eigenvalue weighted by atomic mass is 10.0. The van der Waals surface area contributed by atoms with Gasteiger partial charge in [-0.3, -0.25) is 4.79 Å². The summed E-state index contributed by atoms with van der Waals surface area (Å²) in [4.78, 5) is 29.1. The number of rotatable bonds is 3. The summed E-state index contributed by atoms with van der Waals surface area (Å²) in [5, 5.41) is 9.19. The van der Waals surface area contributed by atoms with Gasteiger partial charge in [0, 0.05) is 13.0 Å². The van der Waals surface area contributed by atoms with Crippen molar-refractivity contribution in [2.24, 2.45) is 0 Å². The van der Waals surface area contributed by atoms with Crippen LogP contribution >= 0.6 is 0 Å². The van der Waals surface area contributed by atoms with E-state index in [9.17, 15) is 14.7 Å². The summed E-state index contributed by atoms with van der Waals surface area (Å²) in [6.07, 6.45) is 2.76. The predicted molar refractivity (Wildman–Crippen MR) is 66.9 cm³/mol. The molecule has 1 amide bonds. The fourth-order valence-electron chi connectivity index (χ4n) is 2.36. The lowest BCUT2D eigenvalue weighted by Gasteiger charge is -2.32. The van der Waals surface area contributed by atoms with Gasteiger partial charge in [-0.1, -0.05) is 6.92 Å². The zero-order valence-electron chi connectivity index (χ0n) is 11.2. The largest absolute Gasteiger partial charge is 0.480 e. The van der Waals surface area contributed by atoms with Crippen LogP contribution in [0.3, 0.4) is 0 Å². The minimum absolute atomic E-state index is 0.171. The minimum atomic E-state index is -0.957. The highest BCUT2D eigenvalue weighted by Gasteiger charge is 2.34. The number of amides is 1. The molecule has 1 aliphatic heterocycles. The number of carbonyl (C=O) groups is 2. The van der Waals surface area contributed by atoms with Crippen LogP contribution in [0.5, 0.6) is 0 Å². The Bertz CT molecular complexity index is 495. The molecule has 104 valence electrons. The first-order chi connectivity index (χ1) is 9.04. The van der Waals surface area contributed by atoms with Crippen molar-refractivity contribution in [3.63, 3.8) is 0 Å². The number of carboxylic acid groups (broad SMARTS) is 1. The molecule has 0 radical (unpaired) electrons. The Morgan fingerprint density at radius 2 is 2.21 bits per heavy atom. The normalized spacial score (nSPS) is 19.5. The molecule has 6 nitrogen and oxygen atoms in total. The van der Waals surface area contributed by atoms with Gasteiger partial charge in [0.25, 0.3) is 5.91 Å². The number of aliphatic carboxylic acids is 1. The second-order valence-electron chi connectivity index (χ2n) is 4.72. The lowest BCUT2D eigenvalue weighted by Crippen LogP contribution is -2.48. The minimum Gasteiger partial charge on any atom is -0.480 e. The Morgan fingerprint density at radius 1 is 1.47 bits per heavy atom. The highest BCUT2D eigenvalue weighted by atomic mass is 16.4. The van der Waals surface area contributed by atoms with Crippen LogP contribution in [0.4, 0.5) is 0 Å². The van der Waals surface area contributed by atoms with E-state index in [0.717, 1.165) is 12.8 Å². The quantitative estimate of drug-likeness (QED) is 0.898. The van der Waals surface area contributed by atoms with Gasteiger partial charge in [-0.15, -0.1) is 0 Å². The van der Waals surface area contributed by atoms with Crippen LogP contribution in [0.2, 0.25) is 0 Å². The van der Waals surface area contributed by atoms with Crippen molar-refractivity contribution in [1.29, 1.82) is 0 Å². The molecule has 1 aromatic heterocycles. The number of nitrogens with zero attached hydrogens (tertiary/aromatic N) is 2. The molecule has 2 heterocycles. The number of hydrogen-bond donors (Lipinski definition) is 1. The number of hydrogen-bond acceptors (Lipinski definition) is 4. The maximum absolute atomic E-state index is 12.4. The number of aromatic nitrogens is 1. The Labute approximate surface area is 111 Å². The fourth-order valence-corrected chi connectivity index (χ4v) is 2.36. The second-order valence-corrected chi connectivity index (χ2v) is 4.72. The molecule has 19 heavy (non-hydrogen) atoms. The maximum Gasteiger partial charge on any atom is 0.326 e. The number of piperidine rings is 1. The average Bonchev–Trinajstić information content (AvgIpc) is 2.79. The third-order valence-electron chi connectivity index (χ3n) is 3.39. The first-order valence-electron chi connectivity index (χ1n) is 6.54. The molecule has 1 fully saturated rings. The second kappa shape index (κ2) is 5.42. The van der Waals surface area contributed by atoms with E-state index in [-0.39, 0.29) is 11.7 Å². The highest BCUT2D eigenvalue weighted by molar-refractivity contribution is 5.95. The number of oxazole rings is 1. The van der Waals surface area contributed by atoms with Crippen molar-refractivity contribution < 1.29 is 19.1 Å². The van der Waals surface area contributed by atoms with Crippen LogP contribution in [0.15, 0.2) is 4.42 Å². The Kier molecular flexibility index (Phi) is 3.87. The number of aryl methyl sites for hydroxylation is 2. The Morgan fingerprint density at radius 3 is 2.79 bits per heavy atom. The standard InChI is InChI=1S/C13H18N2O4/c1-3-10-14-8(2)11(19-10)12(16)15-7-5-4-6-9(15)13(17)18/h9H,3-7H2,1-2H3,(H,17,18). The van der Waals surface area contributed by atoms with Crippen molar-refractivity contribution in [3.05, 3.63) is 17.3 Å². The van der Waals surface area contributed by atoms with Crippen molar-refractivity contribution in [1.82, 2.24) is 9.88 Å². The smallest absolute Gasteiger partial charge is 0.326 e. The average molecular weight is 266 g/mol. The monoisotopic (exact) mass is 266 g/mol. The zero-order chi connectivity index (χ0) is 14.0. The van der Waals surface area contributed by atoms with Crippen LogP contribution < -0.4 is 0 Å². The maximum atomic E-state index is 12.4. The summed E-state index contributed by atoms with van der Waals surface area (Å²) < 4.78 is 5.41. The Balaban J connectivity index is 2.25. The van der Waals surface area contributed by atoms with Gasteiger partial charge in [-0.05, 0) is 26.2 Å². The molecule has 0 saturated carbocycles. The zero-order valence-corrected chi connectivity index (χ0v) is 11.2. The van der Waals surface area contributed by atoms with Crippen LogP contribution in [0.25, 0.3) is 0 Å². The van der Waals surface area contributed by atoms with Gasteiger partial charge in [0.1, 0.15) is 6.04 Å². The van der Waals surface area contributed by atoms with E-state index >= 15 is 0 Å². The van der Waals surface area contributed by atoms with E-state index in [1.54, 1.807) is 6.92 Å². The molecule has 2 rings (SSSR count). The van der Waals surface area contributed by atoms with Gasteiger partial charge in [0.15, 0.2) is 5.89 Å². The van der Waals surface area contributed by atoms with Crippen molar-refractivity contribution in [2.45, 2.75) is 45.6 Å². The number of carbonyl (C=O) groups excluding carboxylic acids is 1. The summed E-state index contributed by atoms with van der Waals surface area (Å²) in [6.45, 7) is 4.05. The summed E-state index contributed by atoms with van der Waals surface area (Å²) in [5.74, 6) is -0.646. The van der Waals surface area contributed by atoms with E-state index < -0.39 is 12.0 Å². The molecule has 0 aliphatic carbocycles. The van der Waals surface area contributed by atoms with Crippen LogP contribution in [-0.4, -0.2) is 39.5 Å². The molecule has 1 aromatic rings. The van der Waals surface area contributed by atoms with Gasteiger partial charge in [-0.25, -0.2) is 9.78 Å². The van der Waals surface area contributed by atoms with Crippen molar-refractivity contribution in [3.8, 4) is 0 Å². The van der Waals surface area contributed by atoms with E-state index in [2.05, 4.69) is 4.98 Å². The van der Waals surface area contributed by atoms with Gasteiger partial charge in [0.2, 0.25) is 5.76 Å². The number of carboxylic acids is 1. The molecule has 1 aliphatic rings. The molecule has 1 atom stereocenters. The third kappa shape index (κ3) is 2.62. The number of likely N-dealkylation sites (tertiary alicyclic amines) is 1. The third-order valence-corrected chi connectivity index (χ3v) is 3.39. The molecular formula is C13H18N2O4. The highest BCUT2D eigenvalue weighted by Crippen LogP contribution is 2.22. The van der Waals surface area contributed by atoms with Crippen LogP contribution in [-0.2, 0) is 11.2 Å². The summed E-state index contributed by atoms with van der Waals surface area (Å²) in [6, 6.07) is -0.754. The van der Waals surface area contributed by atoms with Gasteiger partial charge in [0.05, 0.1) is 5.69 Å². The van der Waals surface area contributed by atoms with Gasteiger partial charge in [-0.2, -0.15) is 0 Å². The first-order valence-corrected chi connectivity index (χ1v) is 6.54. The molecule has 1 N–H and O–H groups in total. The Hall–Kier alpha value is -1.85.